The van der Waals surface area contributed by atoms with Gasteiger partial charge in [0.15, 0.2) is 12.3 Å². The Labute approximate surface area is 148 Å². The molecule has 1 atom stereocenters. The van der Waals surface area contributed by atoms with Gasteiger partial charge in [0.1, 0.15) is 12.3 Å². The maximum absolute atomic E-state index is 12.1. The van der Waals surface area contributed by atoms with Crippen LogP contribution in [0.15, 0.2) is 45.3 Å². The van der Waals surface area contributed by atoms with Gasteiger partial charge in [-0.3, -0.25) is 9.69 Å². The summed E-state index contributed by atoms with van der Waals surface area (Å²) in [5, 5.41) is 2.63. The third-order valence-electron chi connectivity index (χ3n) is 3.88. The second-order valence-electron chi connectivity index (χ2n) is 5.86. The molecule has 1 unspecified atom stereocenters. The lowest BCUT2D eigenvalue weighted by molar-refractivity contribution is -0.886. The summed E-state index contributed by atoms with van der Waals surface area (Å²) in [4.78, 5) is 25.9. The van der Waals surface area contributed by atoms with Crippen molar-refractivity contribution in [1.29, 1.82) is 0 Å². The molecule has 0 saturated carbocycles. The van der Waals surface area contributed by atoms with Gasteiger partial charge in [0.2, 0.25) is 0 Å². The third-order valence-corrected chi connectivity index (χ3v) is 4.41. The molecule has 3 rings (SSSR count). The number of hydrogen-bond acceptors (Lipinski definition) is 3. The minimum Gasteiger partial charge on any atom is -0.455 e. The van der Waals surface area contributed by atoms with Gasteiger partial charge in [0.25, 0.3) is 5.91 Å². The van der Waals surface area contributed by atoms with E-state index in [4.69, 9.17) is 4.42 Å². The van der Waals surface area contributed by atoms with Gasteiger partial charge in [0.05, 0.1) is 7.05 Å². The quantitative estimate of drug-likeness (QED) is 0.805. The van der Waals surface area contributed by atoms with Crippen molar-refractivity contribution in [2.45, 2.75) is 6.54 Å². The molecule has 7 heteroatoms. The Hall–Kier alpha value is -2.12. The molecule has 3 amide bonds. The van der Waals surface area contributed by atoms with Crippen molar-refractivity contribution in [3.63, 3.8) is 0 Å². The summed E-state index contributed by atoms with van der Waals surface area (Å²) in [6.45, 7) is 1.80. The minimum absolute atomic E-state index is 0.165. The fourth-order valence-electron chi connectivity index (χ4n) is 2.67. The van der Waals surface area contributed by atoms with E-state index in [-0.39, 0.29) is 18.5 Å². The highest BCUT2D eigenvalue weighted by atomic mass is 79.9. The first-order valence-corrected chi connectivity index (χ1v) is 8.56. The number of nitrogens with zero attached hydrogens (tertiary/aromatic N) is 1. The summed E-state index contributed by atoms with van der Waals surface area (Å²) >= 11 is 3.41. The standard InChI is InChI=1S/C17H18BrN3O3/c1-20(11-16(22)21-9-8-19-17(21)23)10-14-6-7-15(24-14)12-2-4-13(18)5-3-12/h2-7H,8-11H2,1H3,(H,19,23)/p+1. The largest absolute Gasteiger partial charge is 0.455 e. The lowest BCUT2D eigenvalue weighted by atomic mass is 10.2. The van der Waals surface area contributed by atoms with Gasteiger partial charge in [-0.15, -0.1) is 0 Å². The molecule has 0 spiro atoms. The molecule has 0 bridgehead atoms. The van der Waals surface area contributed by atoms with Crippen LogP contribution in [0, 0.1) is 0 Å². The van der Waals surface area contributed by atoms with Crippen LogP contribution in [0.5, 0.6) is 0 Å². The Kier molecular flexibility index (Phi) is 5.01. The number of benzene rings is 1. The van der Waals surface area contributed by atoms with E-state index in [9.17, 15) is 9.59 Å². The molecule has 2 aromatic rings. The fourth-order valence-corrected chi connectivity index (χ4v) is 2.93. The Morgan fingerprint density at radius 3 is 2.71 bits per heavy atom. The fraction of sp³-hybridized carbons (Fsp3) is 0.294. The molecule has 126 valence electrons. The molecule has 1 aromatic heterocycles. The zero-order valence-corrected chi connectivity index (χ0v) is 14.9. The molecule has 1 fully saturated rings. The van der Waals surface area contributed by atoms with Gasteiger partial charge in [-0.25, -0.2) is 4.79 Å². The van der Waals surface area contributed by atoms with Crippen LogP contribution >= 0.6 is 15.9 Å². The second kappa shape index (κ2) is 7.19. The number of quaternary nitrogens is 1. The number of rotatable bonds is 5. The summed E-state index contributed by atoms with van der Waals surface area (Å²) in [6, 6.07) is 11.5. The van der Waals surface area contributed by atoms with Gasteiger partial charge in [-0.1, -0.05) is 28.1 Å². The highest BCUT2D eigenvalue weighted by Crippen LogP contribution is 2.23. The molecular formula is C17H19BrN3O3+. The van der Waals surface area contributed by atoms with Crippen molar-refractivity contribution in [2.24, 2.45) is 0 Å². The van der Waals surface area contributed by atoms with Crippen molar-refractivity contribution in [1.82, 2.24) is 10.2 Å². The predicted molar refractivity (Wildman–Crippen MR) is 92.4 cm³/mol. The Morgan fingerprint density at radius 1 is 1.29 bits per heavy atom. The highest BCUT2D eigenvalue weighted by molar-refractivity contribution is 9.10. The maximum Gasteiger partial charge on any atom is 0.324 e. The third kappa shape index (κ3) is 3.85. The van der Waals surface area contributed by atoms with Crippen LogP contribution in [0.2, 0.25) is 0 Å². The maximum atomic E-state index is 12.1. The Bertz CT molecular complexity index is 742. The zero-order valence-electron chi connectivity index (χ0n) is 13.3. The highest BCUT2D eigenvalue weighted by Gasteiger charge is 2.28. The average Bonchev–Trinajstić information content (AvgIpc) is 3.17. The van der Waals surface area contributed by atoms with E-state index < -0.39 is 0 Å². The van der Waals surface area contributed by atoms with E-state index >= 15 is 0 Å². The van der Waals surface area contributed by atoms with Crippen LogP contribution < -0.4 is 10.2 Å². The lowest BCUT2D eigenvalue weighted by Crippen LogP contribution is -3.08. The van der Waals surface area contributed by atoms with Crippen molar-refractivity contribution < 1.29 is 18.9 Å². The Balaban J connectivity index is 1.59. The number of carbonyl (C=O) groups excluding carboxylic acids is 2. The van der Waals surface area contributed by atoms with Gasteiger partial charge >= 0.3 is 6.03 Å². The number of urea groups is 1. The summed E-state index contributed by atoms with van der Waals surface area (Å²) < 4.78 is 6.89. The smallest absolute Gasteiger partial charge is 0.324 e. The number of imide groups is 1. The summed E-state index contributed by atoms with van der Waals surface area (Å²) in [7, 11) is 1.91. The molecule has 2 heterocycles. The van der Waals surface area contributed by atoms with E-state index in [1.807, 2.05) is 43.4 Å². The number of likely N-dealkylation sites (N-methyl/N-ethyl adjacent to an activating group) is 1. The molecule has 0 radical (unpaired) electrons. The van der Waals surface area contributed by atoms with Crippen molar-refractivity contribution >= 4 is 27.9 Å². The van der Waals surface area contributed by atoms with Crippen LogP contribution in [0.1, 0.15) is 5.76 Å². The lowest BCUT2D eigenvalue weighted by Gasteiger charge is -2.16. The number of amides is 3. The summed E-state index contributed by atoms with van der Waals surface area (Å²) in [6.07, 6.45) is 0. The van der Waals surface area contributed by atoms with Crippen LogP contribution in [0.3, 0.4) is 0 Å². The SMILES string of the molecule is C[NH+](CC(=O)N1CCNC1=O)Cc1ccc(-c2ccc(Br)cc2)o1. The first-order valence-electron chi connectivity index (χ1n) is 7.77. The number of halogens is 1. The Morgan fingerprint density at radius 2 is 2.04 bits per heavy atom. The first kappa shape index (κ1) is 16.7. The number of nitrogens with one attached hydrogen (secondary N) is 2. The van der Waals surface area contributed by atoms with Crippen molar-refractivity contribution in [3.8, 4) is 11.3 Å². The monoisotopic (exact) mass is 392 g/mol. The van der Waals surface area contributed by atoms with Gasteiger partial charge in [-0.2, -0.15) is 0 Å². The van der Waals surface area contributed by atoms with Crippen molar-refractivity contribution in [2.75, 3.05) is 26.7 Å². The molecule has 24 heavy (non-hydrogen) atoms. The van der Waals surface area contributed by atoms with Gasteiger partial charge in [0, 0.05) is 23.1 Å². The minimum atomic E-state index is -0.302. The predicted octanol–water partition coefficient (Wildman–Crippen LogP) is 1.28. The van der Waals surface area contributed by atoms with E-state index in [1.54, 1.807) is 0 Å². The zero-order chi connectivity index (χ0) is 17.1. The van der Waals surface area contributed by atoms with Crippen LogP contribution in [-0.4, -0.2) is 43.5 Å². The molecule has 1 aromatic carbocycles. The molecule has 2 N–H and O–H groups in total. The second-order valence-corrected chi connectivity index (χ2v) is 6.78. The van der Waals surface area contributed by atoms with Crippen molar-refractivity contribution in [3.05, 3.63) is 46.6 Å². The topological polar surface area (TPSA) is 67.0 Å². The van der Waals surface area contributed by atoms with E-state index in [1.165, 1.54) is 4.90 Å². The van der Waals surface area contributed by atoms with E-state index in [0.29, 0.717) is 19.6 Å². The molecule has 0 aliphatic carbocycles. The van der Waals surface area contributed by atoms with Crippen LogP contribution in [0.4, 0.5) is 4.79 Å². The summed E-state index contributed by atoms with van der Waals surface area (Å²) in [5.41, 5.74) is 1.01. The summed E-state index contributed by atoms with van der Waals surface area (Å²) in [5.74, 6) is 1.45. The molecular weight excluding hydrogens is 374 g/mol. The number of carbonyl (C=O) groups is 2. The molecule has 6 nitrogen and oxygen atoms in total. The van der Waals surface area contributed by atoms with E-state index in [2.05, 4.69) is 21.2 Å². The number of hydrogen-bond donors (Lipinski definition) is 2. The van der Waals surface area contributed by atoms with Gasteiger partial charge < -0.3 is 14.6 Å². The normalized spacial score (nSPS) is 15.4. The van der Waals surface area contributed by atoms with E-state index in [0.717, 1.165) is 26.5 Å². The molecule has 1 aliphatic rings. The average molecular weight is 393 g/mol. The molecule has 1 aliphatic heterocycles. The van der Waals surface area contributed by atoms with Crippen LogP contribution in [0.25, 0.3) is 11.3 Å². The van der Waals surface area contributed by atoms with Gasteiger partial charge in [-0.05, 0) is 24.3 Å². The molecule has 1 saturated heterocycles. The number of furan rings is 1. The first-order chi connectivity index (χ1) is 11.5. The van der Waals surface area contributed by atoms with Crippen LogP contribution in [-0.2, 0) is 11.3 Å².